The van der Waals surface area contributed by atoms with Gasteiger partial charge in [-0.3, -0.25) is 9.00 Å². The summed E-state index contributed by atoms with van der Waals surface area (Å²) in [6, 6.07) is 7.15. The highest BCUT2D eigenvalue weighted by molar-refractivity contribution is 7.84. The zero-order valence-electron chi connectivity index (χ0n) is 8.85. The summed E-state index contributed by atoms with van der Waals surface area (Å²) in [5.74, 6) is -1.06. The van der Waals surface area contributed by atoms with Crippen LogP contribution in [0.25, 0.3) is 0 Å². The quantitative estimate of drug-likeness (QED) is 0.884. The highest BCUT2D eigenvalue weighted by Crippen LogP contribution is 2.17. The summed E-state index contributed by atoms with van der Waals surface area (Å²) in [6.45, 7) is 1.55. The number of hydrogen-bond donors (Lipinski definition) is 1. The molecule has 0 radical (unpaired) electrons. The Morgan fingerprint density at radius 3 is 2.69 bits per heavy atom. The van der Waals surface area contributed by atoms with Crippen LogP contribution in [0.5, 0.6) is 0 Å². The van der Waals surface area contributed by atoms with Crippen LogP contribution in [0.4, 0.5) is 0 Å². The van der Waals surface area contributed by atoms with Crippen molar-refractivity contribution < 1.29 is 14.1 Å². The summed E-state index contributed by atoms with van der Waals surface area (Å²) in [7, 11) is -1.20. The molecule has 1 rings (SSSR count). The molecule has 16 heavy (non-hydrogen) atoms. The van der Waals surface area contributed by atoms with Crippen LogP contribution in [0.1, 0.15) is 12.5 Å². The fourth-order valence-corrected chi connectivity index (χ4v) is 2.90. The Kier molecular flexibility index (Phi) is 4.96. The molecular formula is C11H13ClO3S. The summed E-state index contributed by atoms with van der Waals surface area (Å²) in [5, 5.41) is 9.26. The molecule has 0 amide bonds. The topological polar surface area (TPSA) is 54.4 Å². The van der Waals surface area contributed by atoms with Gasteiger partial charge in [0, 0.05) is 21.6 Å². The lowest BCUT2D eigenvalue weighted by Crippen LogP contribution is -2.18. The van der Waals surface area contributed by atoms with E-state index in [0.29, 0.717) is 10.8 Å². The minimum atomic E-state index is -1.20. The largest absolute Gasteiger partial charge is 0.481 e. The minimum absolute atomic E-state index is 0.153. The fourth-order valence-electron chi connectivity index (χ4n) is 1.20. The monoisotopic (exact) mass is 260 g/mol. The minimum Gasteiger partial charge on any atom is -0.481 e. The Bertz CT molecular complexity index is 406. The van der Waals surface area contributed by atoms with Crippen molar-refractivity contribution in [1.82, 2.24) is 0 Å². The lowest BCUT2D eigenvalue weighted by atomic mass is 10.2. The number of aliphatic carboxylic acids is 1. The molecule has 0 saturated heterocycles. The lowest BCUT2D eigenvalue weighted by Gasteiger charge is -2.07. The van der Waals surface area contributed by atoms with E-state index in [4.69, 9.17) is 16.7 Å². The molecule has 0 aliphatic carbocycles. The predicted molar refractivity (Wildman–Crippen MR) is 65.0 cm³/mol. The van der Waals surface area contributed by atoms with Crippen LogP contribution in [-0.4, -0.2) is 21.0 Å². The summed E-state index contributed by atoms with van der Waals surface area (Å²) < 4.78 is 11.7. The molecule has 0 aromatic heterocycles. The van der Waals surface area contributed by atoms with E-state index >= 15 is 0 Å². The smallest absolute Gasteiger partial charge is 0.307 e. The van der Waals surface area contributed by atoms with E-state index in [9.17, 15) is 9.00 Å². The summed E-state index contributed by atoms with van der Waals surface area (Å²) >= 11 is 5.92. The average Bonchev–Trinajstić information content (AvgIpc) is 2.21. The molecule has 0 fully saturated rings. The van der Waals surface area contributed by atoms with Crippen molar-refractivity contribution in [3.8, 4) is 0 Å². The fraction of sp³-hybridized carbons (Fsp3) is 0.364. The van der Waals surface area contributed by atoms with Gasteiger partial charge in [-0.2, -0.15) is 0 Å². The average molecular weight is 261 g/mol. The number of hydrogen-bond acceptors (Lipinski definition) is 2. The second kappa shape index (κ2) is 6.01. The number of benzene rings is 1. The van der Waals surface area contributed by atoms with Crippen LogP contribution >= 0.6 is 11.6 Å². The molecule has 0 aliphatic heterocycles. The van der Waals surface area contributed by atoms with Gasteiger partial charge in [0.2, 0.25) is 0 Å². The van der Waals surface area contributed by atoms with E-state index in [0.717, 1.165) is 5.56 Å². The first-order valence-electron chi connectivity index (χ1n) is 4.82. The number of rotatable bonds is 5. The summed E-state index contributed by atoms with van der Waals surface area (Å²) in [4.78, 5) is 10.6. The maximum Gasteiger partial charge on any atom is 0.307 e. The second-order valence-corrected chi connectivity index (χ2v) is 5.49. The molecule has 5 heteroatoms. The van der Waals surface area contributed by atoms with E-state index < -0.39 is 22.7 Å². The second-order valence-electron chi connectivity index (χ2n) is 3.58. The van der Waals surface area contributed by atoms with E-state index in [1.54, 1.807) is 25.1 Å². The molecule has 1 N–H and O–H groups in total. The molecular weight excluding hydrogens is 248 g/mol. The van der Waals surface area contributed by atoms with Crippen LogP contribution in [0.3, 0.4) is 0 Å². The maximum atomic E-state index is 11.7. The van der Waals surface area contributed by atoms with Crippen molar-refractivity contribution in [3.05, 3.63) is 34.9 Å². The van der Waals surface area contributed by atoms with E-state index in [1.807, 2.05) is 6.07 Å². The van der Waals surface area contributed by atoms with Gasteiger partial charge in [-0.1, -0.05) is 36.7 Å². The van der Waals surface area contributed by atoms with Crippen molar-refractivity contribution in [2.45, 2.75) is 12.7 Å². The zero-order chi connectivity index (χ0) is 12.1. The highest BCUT2D eigenvalue weighted by atomic mass is 35.5. The molecule has 0 saturated carbocycles. The van der Waals surface area contributed by atoms with E-state index in [-0.39, 0.29) is 5.75 Å². The molecule has 0 aliphatic rings. The standard InChI is InChI=1S/C11H13ClO3S/c1-8(11(13)14)6-16(15)7-9-4-2-3-5-10(9)12/h2-5,8H,6-7H2,1H3,(H,13,14). The first-order valence-corrected chi connectivity index (χ1v) is 6.68. The molecule has 1 aromatic carbocycles. The van der Waals surface area contributed by atoms with Gasteiger partial charge in [-0.25, -0.2) is 0 Å². The van der Waals surface area contributed by atoms with Crippen molar-refractivity contribution in [3.63, 3.8) is 0 Å². The normalized spacial score (nSPS) is 14.4. The van der Waals surface area contributed by atoms with Crippen LogP contribution in [-0.2, 0) is 21.3 Å². The van der Waals surface area contributed by atoms with Gasteiger partial charge in [0.15, 0.2) is 0 Å². The number of carbonyl (C=O) groups is 1. The van der Waals surface area contributed by atoms with Gasteiger partial charge in [0.25, 0.3) is 0 Å². The molecule has 1 aromatic rings. The first-order chi connectivity index (χ1) is 7.50. The Morgan fingerprint density at radius 2 is 2.12 bits per heavy atom. The van der Waals surface area contributed by atoms with Crippen molar-refractivity contribution in [1.29, 1.82) is 0 Å². The molecule has 0 heterocycles. The third-order valence-electron chi connectivity index (χ3n) is 2.13. The van der Waals surface area contributed by atoms with Gasteiger partial charge < -0.3 is 5.11 Å². The molecule has 0 spiro atoms. The molecule has 2 atom stereocenters. The molecule has 88 valence electrons. The van der Waals surface area contributed by atoms with Gasteiger partial charge in [-0.05, 0) is 11.6 Å². The Balaban J connectivity index is 2.59. The Morgan fingerprint density at radius 1 is 1.50 bits per heavy atom. The molecule has 3 nitrogen and oxygen atoms in total. The van der Waals surface area contributed by atoms with Crippen LogP contribution in [0.2, 0.25) is 5.02 Å². The molecule has 0 bridgehead atoms. The number of carboxylic acid groups (broad SMARTS) is 1. The van der Waals surface area contributed by atoms with Gasteiger partial charge in [0.05, 0.1) is 11.7 Å². The van der Waals surface area contributed by atoms with E-state index in [1.165, 1.54) is 0 Å². The van der Waals surface area contributed by atoms with Crippen LogP contribution in [0, 0.1) is 5.92 Å². The van der Waals surface area contributed by atoms with Crippen LogP contribution < -0.4 is 0 Å². The number of halogens is 1. The Hall–Kier alpha value is -0.870. The van der Waals surface area contributed by atoms with Crippen molar-refractivity contribution in [2.75, 3.05) is 5.75 Å². The van der Waals surface area contributed by atoms with Crippen LogP contribution in [0.15, 0.2) is 24.3 Å². The summed E-state index contributed by atoms with van der Waals surface area (Å²) in [6.07, 6.45) is 0. The zero-order valence-corrected chi connectivity index (χ0v) is 10.4. The third kappa shape index (κ3) is 3.94. The highest BCUT2D eigenvalue weighted by Gasteiger charge is 2.15. The maximum absolute atomic E-state index is 11.7. The predicted octanol–water partition coefficient (Wildman–Crippen LogP) is 2.31. The van der Waals surface area contributed by atoms with E-state index in [2.05, 4.69) is 0 Å². The first kappa shape index (κ1) is 13.2. The van der Waals surface area contributed by atoms with Crippen molar-refractivity contribution in [2.24, 2.45) is 5.92 Å². The van der Waals surface area contributed by atoms with Crippen molar-refractivity contribution >= 4 is 28.4 Å². The lowest BCUT2D eigenvalue weighted by molar-refractivity contribution is -0.140. The Labute approximate surface area is 102 Å². The summed E-state index contributed by atoms with van der Waals surface area (Å²) in [5.41, 5.74) is 0.792. The SMILES string of the molecule is CC(CS(=O)Cc1ccccc1Cl)C(=O)O. The van der Waals surface area contributed by atoms with Gasteiger partial charge in [0.1, 0.15) is 0 Å². The van der Waals surface area contributed by atoms with Gasteiger partial charge >= 0.3 is 5.97 Å². The third-order valence-corrected chi connectivity index (χ3v) is 4.01. The van der Waals surface area contributed by atoms with Gasteiger partial charge in [-0.15, -0.1) is 0 Å². The molecule has 2 unspecified atom stereocenters. The number of carboxylic acids is 1.